The second-order valence-corrected chi connectivity index (χ2v) is 3.68. The molecule has 2 rings (SSSR count). The molecule has 0 aliphatic rings. The summed E-state index contributed by atoms with van der Waals surface area (Å²) in [6.07, 6.45) is 0. The molecule has 0 unspecified atom stereocenters. The lowest BCUT2D eigenvalue weighted by Gasteiger charge is -2.09. The van der Waals surface area contributed by atoms with E-state index in [9.17, 15) is 8.78 Å². The second kappa shape index (κ2) is 4.82. The maximum Gasteiger partial charge on any atom is 0.149 e. The van der Waals surface area contributed by atoms with Crippen molar-refractivity contribution >= 4 is 11.4 Å². The first-order chi connectivity index (χ1) is 8.16. The maximum absolute atomic E-state index is 13.3. The standard InChI is InChI=1S/C13H12F2N2/c14-10-5-6-13(11(15)7-10)17-8-9-3-1-2-4-12(9)16/h1-7,17H,8,16H2. The highest BCUT2D eigenvalue weighted by Crippen LogP contribution is 2.17. The Balaban J connectivity index is 2.10. The van der Waals surface area contributed by atoms with Gasteiger partial charge in [0.05, 0.1) is 5.69 Å². The maximum atomic E-state index is 13.3. The molecule has 0 bridgehead atoms. The highest BCUT2D eigenvalue weighted by molar-refractivity contribution is 5.50. The van der Waals surface area contributed by atoms with Crippen molar-refractivity contribution in [2.75, 3.05) is 11.1 Å². The zero-order valence-corrected chi connectivity index (χ0v) is 9.08. The summed E-state index contributed by atoms with van der Waals surface area (Å²) in [6.45, 7) is 0.398. The fourth-order valence-electron chi connectivity index (χ4n) is 1.52. The molecule has 0 aliphatic carbocycles. The Morgan fingerprint density at radius 1 is 1.06 bits per heavy atom. The first-order valence-corrected chi connectivity index (χ1v) is 5.19. The van der Waals surface area contributed by atoms with Crippen LogP contribution in [0.5, 0.6) is 0 Å². The summed E-state index contributed by atoms with van der Waals surface area (Å²) >= 11 is 0. The summed E-state index contributed by atoms with van der Waals surface area (Å²) in [5.41, 5.74) is 7.52. The predicted octanol–water partition coefficient (Wildman–Crippen LogP) is 3.16. The number of anilines is 2. The van der Waals surface area contributed by atoms with E-state index >= 15 is 0 Å². The molecule has 0 saturated carbocycles. The summed E-state index contributed by atoms with van der Waals surface area (Å²) in [5.74, 6) is -1.20. The zero-order valence-electron chi connectivity index (χ0n) is 9.08. The van der Waals surface area contributed by atoms with Crippen LogP contribution in [0.2, 0.25) is 0 Å². The van der Waals surface area contributed by atoms with Crippen molar-refractivity contribution in [3.8, 4) is 0 Å². The lowest BCUT2D eigenvalue weighted by Crippen LogP contribution is -2.04. The number of para-hydroxylation sites is 1. The third-order valence-corrected chi connectivity index (χ3v) is 2.46. The average molecular weight is 234 g/mol. The Morgan fingerprint density at radius 3 is 2.53 bits per heavy atom. The van der Waals surface area contributed by atoms with Gasteiger partial charge in [-0.15, -0.1) is 0 Å². The van der Waals surface area contributed by atoms with Crippen LogP contribution in [0.1, 0.15) is 5.56 Å². The summed E-state index contributed by atoms with van der Waals surface area (Å²) in [6, 6.07) is 10.7. The molecule has 2 aromatic rings. The Bertz CT molecular complexity index is 527. The van der Waals surface area contributed by atoms with Gasteiger partial charge in [-0.1, -0.05) is 18.2 Å². The van der Waals surface area contributed by atoms with Crippen molar-refractivity contribution in [1.82, 2.24) is 0 Å². The first kappa shape index (κ1) is 11.4. The molecular weight excluding hydrogens is 222 g/mol. The molecule has 0 fully saturated rings. The van der Waals surface area contributed by atoms with E-state index < -0.39 is 11.6 Å². The van der Waals surface area contributed by atoms with Gasteiger partial charge in [-0.25, -0.2) is 8.78 Å². The monoisotopic (exact) mass is 234 g/mol. The van der Waals surface area contributed by atoms with Crippen LogP contribution in [0.3, 0.4) is 0 Å². The SMILES string of the molecule is Nc1ccccc1CNc1ccc(F)cc1F. The molecule has 17 heavy (non-hydrogen) atoms. The van der Waals surface area contributed by atoms with Crippen LogP contribution in [-0.2, 0) is 6.54 Å². The number of nitrogens with one attached hydrogen (secondary N) is 1. The molecule has 4 heteroatoms. The number of rotatable bonds is 3. The van der Waals surface area contributed by atoms with Crippen LogP contribution in [0.15, 0.2) is 42.5 Å². The average Bonchev–Trinajstić information content (AvgIpc) is 2.30. The van der Waals surface area contributed by atoms with Gasteiger partial charge in [-0.3, -0.25) is 0 Å². The van der Waals surface area contributed by atoms with Crippen LogP contribution in [0.4, 0.5) is 20.2 Å². The normalized spacial score (nSPS) is 10.2. The highest BCUT2D eigenvalue weighted by atomic mass is 19.1. The molecule has 0 amide bonds. The minimum Gasteiger partial charge on any atom is -0.398 e. The van der Waals surface area contributed by atoms with Gasteiger partial charge in [0.1, 0.15) is 11.6 Å². The predicted molar refractivity (Wildman–Crippen MR) is 64.5 cm³/mol. The Morgan fingerprint density at radius 2 is 1.82 bits per heavy atom. The zero-order chi connectivity index (χ0) is 12.3. The van der Waals surface area contributed by atoms with Gasteiger partial charge in [0, 0.05) is 18.3 Å². The van der Waals surface area contributed by atoms with Crippen molar-refractivity contribution in [3.05, 3.63) is 59.7 Å². The topological polar surface area (TPSA) is 38.0 Å². The summed E-state index contributed by atoms with van der Waals surface area (Å²) in [5, 5.41) is 2.88. The van der Waals surface area contributed by atoms with E-state index in [-0.39, 0.29) is 5.69 Å². The van der Waals surface area contributed by atoms with E-state index in [2.05, 4.69) is 5.32 Å². The van der Waals surface area contributed by atoms with Gasteiger partial charge < -0.3 is 11.1 Å². The van der Waals surface area contributed by atoms with Gasteiger partial charge >= 0.3 is 0 Å². The molecule has 0 aromatic heterocycles. The summed E-state index contributed by atoms with van der Waals surface area (Å²) in [7, 11) is 0. The number of benzene rings is 2. The third kappa shape index (κ3) is 2.72. The largest absolute Gasteiger partial charge is 0.398 e. The number of halogens is 2. The highest BCUT2D eigenvalue weighted by Gasteiger charge is 2.04. The van der Waals surface area contributed by atoms with Gasteiger partial charge in [-0.2, -0.15) is 0 Å². The van der Waals surface area contributed by atoms with E-state index in [1.54, 1.807) is 6.07 Å². The van der Waals surface area contributed by atoms with Crippen molar-refractivity contribution in [2.24, 2.45) is 0 Å². The molecule has 0 spiro atoms. The van der Waals surface area contributed by atoms with Gasteiger partial charge in [0.25, 0.3) is 0 Å². The number of hydrogen-bond donors (Lipinski definition) is 2. The number of nitrogens with two attached hydrogens (primary N) is 1. The third-order valence-electron chi connectivity index (χ3n) is 2.46. The van der Waals surface area contributed by atoms with Crippen LogP contribution < -0.4 is 11.1 Å². The van der Waals surface area contributed by atoms with Crippen LogP contribution in [-0.4, -0.2) is 0 Å². The molecule has 0 aliphatic heterocycles. The van der Waals surface area contributed by atoms with E-state index in [0.717, 1.165) is 11.6 Å². The molecule has 88 valence electrons. The smallest absolute Gasteiger partial charge is 0.149 e. The summed E-state index contributed by atoms with van der Waals surface area (Å²) < 4.78 is 26.0. The van der Waals surface area contributed by atoms with Crippen molar-refractivity contribution in [1.29, 1.82) is 0 Å². The van der Waals surface area contributed by atoms with E-state index in [0.29, 0.717) is 12.2 Å². The first-order valence-electron chi connectivity index (χ1n) is 5.19. The molecule has 0 radical (unpaired) electrons. The van der Waals surface area contributed by atoms with Crippen LogP contribution in [0.25, 0.3) is 0 Å². The lowest BCUT2D eigenvalue weighted by atomic mass is 10.2. The van der Waals surface area contributed by atoms with E-state index in [4.69, 9.17) is 5.73 Å². The van der Waals surface area contributed by atoms with Crippen molar-refractivity contribution < 1.29 is 8.78 Å². The Labute approximate surface area is 98.1 Å². The molecule has 0 saturated heterocycles. The number of hydrogen-bond acceptors (Lipinski definition) is 2. The molecule has 3 N–H and O–H groups in total. The van der Waals surface area contributed by atoms with Gasteiger partial charge in [-0.05, 0) is 23.8 Å². The lowest BCUT2D eigenvalue weighted by molar-refractivity contribution is 0.585. The molecule has 2 aromatic carbocycles. The fraction of sp³-hybridized carbons (Fsp3) is 0.0769. The Kier molecular flexibility index (Phi) is 3.23. The second-order valence-electron chi connectivity index (χ2n) is 3.68. The van der Waals surface area contributed by atoms with Crippen LogP contribution in [0, 0.1) is 11.6 Å². The minimum absolute atomic E-state index is 0.259. The van der Waals surface area contributed by atoms with Gasteiger partial charge in [0.15, 0.2) is 0 Å². The van der Waals surface area contributed by atoms with E-state index in [1.165, 1.54) is 12.1 Å². The van der Waals surface area contributed by atoms with Crippen LogP contribution >= 0.6 is 0 Å². The minimum atomic E-state index is -0.612. The molecule has 0 atom stereocenters. The van der Waals surface area contributed by atoms with E-state index in [1.807, 2.05) is 18.2 Å². The molecular formula is C13H12F2N2. The fourth-order valence-corrected chi connectivity index (χ4v) is 1.52. The molecule has 2 nitrogen and oxygen atoms in total. The quantitative estimate of drug-likeness (QED) is 0.800. The number of nitrogen functional groups attached to an aromatic ring is 1. The van der Waals surface area contributed by atoms with Crippen molar-refractivity contribution in [2.45, 2.75) is 6.54 Å². The Hall–Kier alpha value is -2.10. The van der Waals surface area contributed by atoms with Gasteiger partial charge in [0.2, 0.25) is 0 Å². The molecule has 0 heterocycles. The van der Waals surface area contributed by atoms with Crippen molar-refractivity contribution in [3.63, 3.8) is 0 Å². The summed E-state index contributed by atoms with van der Waals surface area (Å²) in [4.78, 5) is 0.